The molecule has 1 nitrogen and oxygen atoms in total. The maximum Gasteiger partial charge on any atom is 0.178 e. The van der Waals surface area contributed by atoms with Crippen LogP contribution in [-0.4, -0.2) is 0 Å². The summed E-state index contributed by atoms with van der Waals surface area (Å²) in [5.41, 5.74) is 2.82. The van der Waals surface area contributed by atoms with Gasteiger partial charge in [-0.15, -0.1) is 0 Å². The van der Waals surface area contributed by atoms with E-state index in [9.17, 15) is 4.79 Å². The Bertz CT molecular complexity index is 298. The molecule has 0 amide bonds. The van der Waals surface area contributed by atoms with Crippen molar-refractivity contribution in [2.45, 2.75) is 19.3 Å². The van der Waals surface area contributed by atoms with Crippen LogP contribution < -0.4 is 5.43 Å². The summed E-state index contributed by atoms with van der Waals surface area (Å²) in [6, 6.07) is 7.24. The van der Waals surface area contributed by atoms with Gasteiger partial charge < -0.3 is 0 Å². The zero-order valence-electron chi connectivity index (χ0n) is 6.34. The van der Waals surface area contributed by atoms with Gasteiger partial charge in [0.15, 0.2) is 5.43 Å². The van der Waals surface area contributed by atoms with Crippen LogP contribution in [0.5, 0.6) is 0 Å². The van der Waals surface area contributed by atoms with Gasteiger partial charge in [-0.1, -0.05) is 12.1 Å². The monoisotopic (exact) mass is 146 g/mol. The van der Waals surface area contributed by atoms with E-state index in [1.807, 2.05) is 12.1 Å². The Morgan fingerprint density at radius 3 is 2.00 bits per heavy atom. The molecule has 0 atom stereocenters. The first kappa shape index (κ1) is 6.59. The molecule has 0 N–H and O–H groups in total. The Balaban J connectivity index is 2.65. The Hall–Kier alpha value is -1.11. The molecule has 1 aliphatic rings. The van der Waals surface area contributed by atoms with Gasteiger partial charge in [0.2, 0.25) is 0 Å². The Morgan fingerprint density at radius 1 is 0.909 bits per heavy atom. The summed E-state index contributed by atoms with van der Waals surface area (Å²) in [6.45, 7) is 0. The van der Waals surface area contributed by atoms with Crippen molar-refractivity contribution in [3.8, 4) is 0 Å². The third-order valence-corrected chi connectivity index (χ3v) is 2.20. The van der Waals surface area contributed by atoms with Gasteiger partial charge in [0, 0.05) is 0 Å². The largest absolute Gasteiger partial charge is 0.290 e. The van der Waals surface area contributed by atoms with Crippen LogP contribution in [0.1, 0.15) is 17.5 Å². The first-order valence-corrected chi connectivity index (χ1v) is 3.98. The van der Waals surface area contributed by atoms with E-state index in [-0.39, 0.29) is 5.43 Å². The smallest absolute Gasteiger partial charge is 0.178 e. The van der Waals surface area contributed by atoms with Gasteiger partial charge in [-0.3, -0.25) is 4.79 Å². The molecule has 0 saturated carbocycles. The normalized spacial score (nSPS) is 14.5. The summed E-state index contributed by atoms with van der Waals surface area (Å²) in [6.07, 6.45) is 3.53. The first-order valence-electron chi connectivity index (χ1n) is 3.98. The van der Waals surface area contributed by atoms with Crippen molar-refractivity contribution in [1.29, 1.82) is 0 Å². The lowest BCUT2D eigenvalue weighted by atomic mass is 10.2. The summed E-state index contributed by atoms with van der Waals surface area (Å²) in [4.78, 5) is 10.9. The minimum Gasteiger partial charge on any atom is -0.290 e. The Labute approximate surface area is 65.7 Å². The highest BCUT2D eigenvalue weighted by Gasteiger charge is 2.07. The molecule has 1 aromatic rings. The molecule has 1 aromatic carbocycles. The molecule has 0 saturated heterocycles. The number of hydrogen-bond donors (Lipinski definition) is 0. The molecule has 2 rings (SSSR count). The molecule has 56 valence electrons. The quantitative estimate of drug-likeness (QED) is 0.542. The van der Waals surface area contributed by atoms with Gasteiger partial charge in [-0.05, 0) is 42.5 Å². The number of hydrogen-bond acceptors (Lipinski definition) is 1. The fraction of sp³-hybridized carbons (Fsp3) is 0.300. The topological polar surface area (TPSA) is 17.1 Å². The molecule has 0 heterocycles. The number of rotatable bonds is 0. The van der Waals surface area contributed by atoms with E-state index in [2.05, 4.69) is 0 Å². The van der Waals surface area contributed by atoms with Crippen molar-refractivity contribution in [2.24, 2.45) is 0 Å². The molecule has 1 heteroatoms. The fourth-order valence-corrected chi connectivity index (χ4v) is 1.59. The maximum absolute atomic E-state index is 10.9. The second-order valence-electron chi connectivity index (χ2n) is 2.97. The molecular formula is C10H10O. The zero-order valence-corrected chi connectivity index (χ0v) is 6.34. The van der Waals surface area contributed by atoms with Crippen molar-refractivity contribution >= 4 is 0 Å². The predicted molar refractivity (Wildman–Crippen MR) is 44.7 cm³/mol. The summed E-state index contributed by atoms with van der Waals surface area (Å²) >= 11 is 0. The van der Waals surface area contributed by atoms with Crippen LogP contribution in [0.2, 0.25) is 0 Å². The third kappa shape index (κ3) is 1.18. The lowest BCUT2D eigenvalue weighted by molar-refractivity contribution is 0.910. The second kappa shape index (κ2) is 2.50. The van der Waals surface area contributed by atoms with Gasteiger partial charge in [-0.2, -0.15) is 0 Å². The molecule has 11 heavy (non-hydrogen) atoms. The predicted octanol–water partition coefficient (Wildman–Crippen LogP) is 1.54. The van der Waals surface area contributed by atoms with Crippen LogP contribution >= 0.6 is 0 Å². The maximum atomic E-state index is 10.9. The van der Waals surface area contributed by atoms with Crippen molar-refractivity contribution < 1.29 is 0 Å². The lowest BCUT2D eigenvalue weighted by Gasteiger charge is -1.86. The van der Waals surface area contributed by atoms with E-state index in [4.69, 9.17) is 0 Å². The van der Waals surface area contributed by atoms with Gasteiger partial charge >= 0.3 is 0 Å². The van der Waals surface area contributed by atoms with Gasteiger partial charge in [0.05, 0.1) is 0 Å². The summed E-state index contributed by atoms with van der Waals surface area (Å²) in [5.74, 6) is 0. The molecule has 1 aliphatic carbocycles. The molecule has 0 radical (unpaired) electrons. The van der Waals surface area contributed by atoms with Crippen molar-refractivity contribution in [3.63, 3.8) is 0 Å². The first-order chi connectivity index (χ1) is 5.36. The van der Waals surface area contributed by atoms with E-state index in [0.717, 1.165) is 12.8 Å². The molecule has 0 aliphatic heterocycles. The van der Waals surface area contributed by atoms with Gasteiger partial charge in [0.25, 0.3) is 0 Å². The van der Waals surface area contributed by atoms with Gasteiger partial charge in [-0.25, -0.2) is 0 Å². The Kier molecular flexibility index (Phi) is 1.50. The molecule has 0 spiro atoms. The van der Waals surface area contributed by atoms with Crippen molar-refractivity contribution in [1.82, 2.24) is 0 Å². The van der Waals surface area contributed by atoms with Gasteiger partial charge in [0.1, 0.15) is 0 Å². The number of fused-ring (bicyclic) bond motifs is 1. The lowest BCUT2D eigenvalue weighted by Crippen LogP contribution is -1.88. The van der Waals surface area contributed by atoms with Crippen molar-refractivity contribution in [2.75, 3.05) is 0 Å². The van der Waals surface area contributed by atoms with Crippen LogP contribution in [0.4, 0.5) is 0 Å². The summed E-state index contributed by atoms with van der Waals surface area (Å²) < 4.78 is 0. The Morgan fingerprint density at radius 2 is 1.45 bits per heavy atom. The van der Waals surface area contributed by atoms with E-state index in [0.29, 0.717) is 0 Å². The molecule has 0 fully saturated rings. The third-order valence-electron chi connectivity index (χ3n) is 2.20. The zero-order chi connectivity index (χ0) is 7.68. The SMILES string of the molecule is O=c1ccc2c(cc1)CCC2. The van der Waals surface area contributed by atoms with Crippen molar-refractivity contribution in [3.05, 3.63) is 45.6 Å². The second-order valence-corrected chi connectivity index (χ2v) is 2.97. The minimum absolute atomic E-state index is 0.111. The van der Waals surface area contributed by atoms with Crippen LogP contribution in [0.15, 0.2) is 29.1 Å². The average molecular weight is 146 g/mol. The highest BCUT2D eigenvalue weighted by atomic mass is 16.1. The average Bonchev–Trinajstić information content (AvgIpc) is 2.38. The molecular weight excluding hydrogens is 136 g/mol. The van der Waals surface area contributed by atoms with Crippen LogP contribution in [0, 0.1) is 0 Å². The van der Waals surface area contributed by atoms with E-state index in [1.165, 1.54) is 17.5 Å². The van der Waals surface area contributed by atoms with E-state index in [1.54, 1.807) is 12.1 Å². The number of aryl methyl sites for hydroxylation is 2. The molecule has 0 bridgehead atoms. The van der Waals surface area contributed by atoms with Crippen LogP contribution in [0.25, 0.3) is 0 Å². The standard InChI is InChI=1S/C10H10O/c11-10-6-4-8-2-1-3-9(8)5-7-10/h4-7H,1-3H2. The van der Waals surface area contributed by atoms with E-state index < -0.39 is 0 Å². The van der Waals surface area contributed by atoms with Crippen LogP contribution in [0.3, 0.4) is 0 Å². The minimum atomic E-state index is 0.111. The fourth-order valence-electron chi connectivity index (χ4n) is 1.59. The highest BCUT2D eigenvalue weighted by molar-refractivity contribution is 5.29. The molecule has 0 unspecified atom stereocenters. The van der Waals surface area contributed by atoms with Crippen LogP contribution in [-0.2, 0) is 12.8 Å². The molecule has 0 aromatic heterocycles. The van der Waals surface area contributed by atoms with E-state index >= 15 is 0 Å². The summed E-state index contributed by atoms with van der Waals surface area (Å²) in [5, 5.41) is 0. The highest BCUT2D eigenvalue weighted by Crippen LogP contribution is 2.18. The summed E-state index contributed by atoms with van der Waals surface area (Å²) in [7, 11) is 0.